The highest BCUT2D eigenvalue weighted by Crippen LogP contribution is 2.25. The van der Waals surface area contributed by atoms with Crippen molar-refractivity contribution in [3.05, 3.63) is 23.4 Å². The lowest BCUT2D eigenvalue weighted by Gasteiger charge is -2.20. The molecule has 108 valence electrons. The molecule has 0 aliphatic carbocycles. The predicted molar refractivity (Wildman–Crippen MR) is 66.7 cm³/mol. The van der Waals surface area contributed by atoms with Crippen molar-refractivity contribution in [1.29, 1.82) is 0 Å². The summed E-state index contributed by atoms with van der Waals surface area (Å²) >= 11 is 0. The Bertz CT molecular complexity index is 389. The van der Waals surface area contributed by atoms with Gasteiger partial charge in [-0.15, -0.1) is 0 Å². The smallest absolute Gasteiger partial charge is 0.383 e. The molecule has 0 aromatic carbocycles. The molecule has 0 radical (unpaired) electrons. The highest BCUT2D eigenvalue weighted by Gasteiger charge is 2.27. The Balaban J connectivity index is 2.59. The first-order chi connectivity index (χ1) is 8.85. The average Bonchev–Trinajstić information content (AvgIpc) is 2.30. The van der Waals surface area contributed by atoms with E-state index in [2.05, 4.69) is 15.0 Å². The van der Waals surface area contributed by atoms with Crippen LogP contribution in [-0.4, -0.2) is 31.4 Å². The molecule has 1 aromatic rings. The van der Waals surface area contributed by atoms with Crippen molar-refractivity contribution < 1.29 is 17.9 Å². The minimum Gasteiger partial charge on any atom is -0.383 e. The Kier molecular flexibility index (Phi) is 5.56. The summed E-state index contributed by atoms with van der Waals surface area (Å²) in [5.74, 6) is 0.384. The van der Waals surface area contributed by atoms with Gasteiger partial charge in [-0.25, -0.2) is 4.98 Å². The molecule has 4 nitrogen and oxygen atoms in total. The summed E-state index contributed by atoms with van der Waals surface area (Å²) in [6.45, 7) is 0.651. The van der Waals surface area contributed by atoms with E-state index in [4.69, 9.17) is 5.73 Å². The van der Waals surface area contributed by atoms with Crippen molar-refractivity contribution in [1.82, 2.24) is 10.3 Å². The minimum atomic E-state index is -4.29. The van der Waals surface area contributed by atoms with E-state index in [1.807, 2.05) is 13.0 Å². The van der Waals surface area contributed by atoms with Gasteiger partial charge in [0.05, 0.1) is 0 Å². The topological polar surface area (TPSA) is 60.2 Å². The lowest BCUT2D eigenvalue weighted by molar-refractivity contribution is -0.174. The molecule has 0 aliphatic heterocycles. The van der Waals surface area contributed by atoms with Crippen LogP contribution in [0.25, 0.3) is 0 Å². The molecular formula is C12H18F3N3O. The van der Waals surface area contributed by atoms with Crippen LogP contribution in [0.3, 0.4) is 0 Å². The summed E-state index contributed by atoms with van der Waals surface area (Å²) in [6, 6.07) is 1.63. The molecule has 0 amide bonds. The second kappa shape index (κ2) is 6.72. The lowest BCUT2D eigenvalue weighted by Crippen LogP contribution is -2.23. The number of aryl methyl sites for hydroxylation is 1. The maximum Gasteiger partial charge on any atom is 0.411 e. The van der Waals surface area contributed by atoms with E-state index >= 15 is 0 Å². The van der Waals surface area contributed by atoms with Crippen LogP contribution in [0.15, 0.2) is 12.3 Å². The van der Waals surface area contributed by atoms with Crippen molar-refractivity contribution in [2.75, 3.05) is 26.0 Å². The number of nitrogens with zero attached hydrogens (tertiary/aromatic N) is 1. The van der Waals surface area contributed by atoms with Crippen LogP contribution >= 0.6 is 0 Å². The van der Waals surface area contributed by atoms with Gasteiger partial charge in [-0.3, -0.25) is 0 Å². The number of halogens is 3. The van der Waals surface area contributed by atoms with Crippen LogP contribution < -0.4 is 11.1 Å². The number of aromatic nitrogens is 1. The fraction of sp³-hybridized carbons (Fsp3) is 0.583. The van der Waals surface area contributed by atoms with E-state index in [1.165, 1.54) is 0 Å². The van der Waals surface area contributed by atoms with Crippen molar-refractivity contribution in [3.8, 4) is 0 Å². The van der Waals surface area contributed by atoms with E-state index < -0.39 is 12.8 Å². The second-order valence-corrected chi connectivity index (χ2v) is 4.22. The quantitative estimate of drug-likeness (QED) is 0.783. The van der Waals surface area contributed by atoms with Crippen LogP contribution in [0.5, 0.6) is 0 Å². The molecule has 0 fully saturated rings. The highest BCUT2D eigenvalue weighted by atomic mass is 19.4. The molecule has 0 bridgehead atoms. The van der Waals surface area contributed by atoms with E-state index in [-0.39, 0.29) is 12.6 Å². The zero-order chi connectivity index (χ0) is 14.5. The van der Waals surface area contributed by atoms with Crippen LogP contribution in [0.1, 0.15) is 23.6 Å². The molecule has 1 atom stereocenters. The summed E-state index contributed by atoms with van der Waals surface area (Å²) < 4.78 is 40.4. The SMILES string of the molecule is CNC(CCOCC(F)(F)F)c1c(C)ccnc1N. The third-order valence-electron chi connectivity index (χ3n) is 2.75. The van der Waals surface area contributed by atoms with Gasteiger partial charge in [-0.1, -0.05) is 0 Å². The molecule has 0 saturated carbocycles. The lowest BCUT2D eigenvalue weighted by atomic mass is 10.0. The first-order valence-electron chi connectivity index (χ1n) is 5.88. The van der Waals surface area contributed by atoms with Gasteiger partial charge in [0.2, 0.25) is 0 Å². The number of alkyl halides is 3. The fourth-order valence-corrected chi connectivity index (χ4v) is 1.87. The number of hydrogen-bond donors (Lipinski definition) is 2. The number of anilines is 1. The third-order valence-corrected chi connectivity index (χ3v) is 2.75. The number of nitrogens with two attached hydrogens (primary N) is 1. The third kappa shape index (κ3) is 5.04. The molecular weight excluding hydrogens is 259 g/mol. The number of pyridine rings is 1. The number of nitrogen functional groups attached to an aromatic ring is 1. The maximum absolute atomic E-state index is 11.9. The van der Waals surface area contributed by atoms with E-state index in [0.29, 0.717) is 12.2 Å². The normalized spacial score (nSPS) is 13.5. The molecule has 7 heteroatoms. The standard InChI is InChI=1S/C12H18F3N3O/c1-8-3-5-18-11(16)10(8)9(17-2)4-6-19-7-12(13,14)15/h3,5,9,17H,4,6-7H2,1-2H3,(H2,16,18). The molecule has 0 spiro atoms. The zero-order valence-electron chi connectivity index (χ0n) is 10.9. The van der Waals surface area contributed by atoms with Gasteiger partial charge in [0.1, 0.15) is 12.4 Å². The summed E-state index contributed by atoms with van der Waals surface area (Å²) in [5, 5.41) is 3.02. The fourth-order valence-electron chi connectivity index (χ4n) is 1.87. The molecule has 1 aromatic heterocycles. The molecule has 0 saturated heterocycles. The molecule has 1 unspecified atom stereocenters. The molecule has 0 aliphatic rings. The highest BCUT2D eigenvalue weighted by molar-refractivity contribution is 5.46. The van der Waals surface area contributed by atoms with Gasteiger partial charge in [-0.05, 0) is 32.0 Å². The Morgan fingerprint density at radius 3 is 2.68 bits per heavy atom. The van der Waals surface area contributed by atoms with Crippen LogP contribution in [0.4, 0.5) is 19.0 Å². The predicted octanol–water partition coefficient (Wildman–Crippen LogP) is 2.20. The maximum atomic E-state index is 11.9. The summed E-state index contributed by atoms with van der Waals surface area (Å²) in [4.78, 5) is 3.99. The van der Waals surface area contributed by atoms with Crippen molar-refractivity contribution >= 4 is 5.82 Å². The molecule has 1 heterocycles. The summed E-state index contributed by atoms with van der Waals surface area (Å²) in [7, 11) is 1.72. The van der Waals surface area contributed by atoms with Crippen molar-refractivity contribution in [3.63, 3.8) is 0 Å². The number of hydrogen-bond acceptors (Lipinski definition) is 4. The first-order valence-corrected chi connectivity index (χ1v) is 5.88. The van der Waals surface area contributed by atoms with Crippen LogP contribution in [0.2, 0.25) is 0 Å². The average molecular weight is 277 g/mol. The van der Waals surface area contributed by atoms with Crippen LogP contribution in [0, 0.1) is 6.92 Å². The van der Waals surface area contributed by atoms with Gasteiger partial charge in [0.15, 0.2) is 0 Å². The number of ether oxygens (including phenoxy) is 1. The van der Waals surface area contributed by atoms with Gasteiger partial charge >= 0.3 is 6.18 Å². The minimum absolute atomic E-state index is 0.00120. The summed E-state index contributed by atoms with van der Waals surface area (Å²) in [5.41, 5.74) is 7.55. The Hall–Kier alpha value is -1.34. The Morgan fingerprint density at radius 2 is 2.16 bits per heavy atom. The van der Waals surface area contributed by atoms with Crippen LogP contribution in [-0.2, 0) is 4.74 Å². The van der Waals surface area contributed by atoms with E-state index in [1.54, 1.807) is 13.2 Å². The molecule has 1 rings (SSSR count). The van der Waals surface area contributed by atoms with Gasteiger partial charge < -0.3 is 15.8 Å². The molecule has 3 N–H and O–H groups in total. The Morgan fingerprint density at radius 1 is 1.47 bits per heavy atom. The summed E-state index contributed by atoms with van der Waals surface area (Å²) in [6.07, 6.45) is -2.30. The number of nitrogens with one attached hydrogen (secondary N) is 1. The van der Waals surface area contributed by atoms with Gasteiger partial charge in [0, 0.05) is 24.4 Å². The van der Waals surface area contributed by atoms with Gasteiger partial charge in [-0.2, -0.15) is 13.2 Å². The molecule has 19 heavy (non-hydrogen) atoms. The monoisotopic (exact) mass is 277 g/mol. The Labute approximate surface area is 110 Å². The van der Waals surface area contributed by atoms with Crippen molar-refractivity contribution in [2.45, 2.75) is 25.6 Å². The van der Waals surface area contributed by atoms with Gasteiger partial charge in [0.25, 0.3) is 0 Å². The zero-order valence-corrected chi connectivity index (χ0v) is 10.9. The number of rotatable bonds is 6. The largest absolute Gasteiger partial charge is 0.411 e. The van der Waals surface area contributed by atoms with Crippen molar-refractivity contribution in [2.24, 2.45) is 0 Å². The second-order valence-electron chi connectivity index (χ2n) is 4.22. The first kappa shape index (κ1) is 15.7. The van der Waals surface area contributed by atoms with E-state index in [0.717, 1.165) is 11.1 Å². The van der Waals surface area contributed by atoms with E-state index in [9.17, 15) is 13.2 Å².